The molecule has 0 amide bonds. The van der Waals surface area contributed by atoms with E-state index in [0.29, 0.717) is 6.42 Å². The number of rotatable bonds is 5. The van der Waals surface area contributed by atoms with Crippen molar-refractivity contribution < 1.29 is 9.90 Å². The highest BCUT2D eigenvalue weighted by molar-refractivity contribution is 5.66. The molecule has 3 nitrogen and oxygen atoms in total. The Balaban J connectivity index is 2.01. The Labute approximate surface area is 73.4 Å². The Kier molecular flexibility index (Phi) is 3.53. The molecule has 0 bridgehead atoms. The number of carbonyl (C=O) groups is 1. The van der Waals surface area contributed by atoms with E-state index in [1.165, 1.54) is 19.3 Å². The van der Waals surface area contributed by atoms with Crippen LogP contribution in [0.1, 0.15) is 32.1 Å². The normalized spacial score (nSPS) is 17.8. The number of carboxylic acids is 1. The molecule has 3 heteroatoms. The van der Waals surface area contributed by atoms with E-state index in [4.69, 9.17) is 5.11 Å². The molecule has 1 rings (SSSR count). The van der Waals surface area contributed by atoms with Crippen LogP contribution in [0.5, 0.6) is 0 Å². The van der Waals surface area contributed by atoms with Crippen molar-refractivity contribution in [2.75, 3.05) is 13.6 Å². The van der Waals surface area contributed by atoms with Gasteiger partial charge in [0, 0.05) is 12.5 Å². The highest BCUT2D eigenvalue weighted by Crippen LogP contribution is 2.23. The zero-order chi connectivity index (χ0) is 8.97. The standard InChI is InChI=1S/C9H17NO2/c1-10(8-4-2-5-8)7-3-6-9(11)12/h8H,2-7H2,1H3,(H,11,12). The minimum absolute atomic E-state index is 0.303. The maximum atomic E-state index is 10.2. The SMILES string of the molecule is CN(CCCC(=O)O)C1CCC1. The Morgan fingerprint density at radius 3 is 2.67 bits per heavy atom. The van der Waals surface area contributed by atoms with Crippen LogP contribution in [-0.4, -0.2) is 35.6 Å². The topological polar surface area (TPSA) is 40.5 Å². The fourth-order valence-corrected chi connectivity index (χ4v) is 1.49. The number of hydrogen-bond acceptors (Lipinski definition) is 2. The molecule has 1 saturated carbocycles. The van der Waals surface area contributed by atoms with Crippen molar-refractivity contribution in [1.82, 2.24) is 4.90 Å². The largest absolute Gasteiger partial charge is 0.481 e. The van der Waals surface area contributed by atoms with Crippen LogP contribution in [0.2, 0.25) is 0 Å². The van der Waals surface area contributed by atoms with Crippen LogP contribution in [0, 0.1) is 0 Å². The van der Waals surface area contributed by atoms with Gasteiger partial charge in [-0.1, -0.05) is 6.42 Å². The molecule has 0 aliphatic heterocycles. The van der Waals surface area contributed by atoms with Crippen molar-refractivity contribution in [2.45, 2.75) is 38.1 Å². The molecular formula is C9H17NO2. The molecular weight excluding hydrogens is 154 g/mol. The van der Waals surface area contributed by atoms with E-state index in [-0.39, 0.29) is 0 Å². The summed E-state index contributed by atoms with van der Waals surface area (Å²) >= 11 is 0. The van der Waals surface area contributed by atoms with E-state index in [1.54, 1.807) is 0 Å². The highest BCUT2D eigenvalue weighted by Gasteiger charge is 2.21. The molecule has 0 aromatic rings. The van der Waals surface area contributed by atoms with Gasteiger partial charge in [-0.15, -0.1) is 0 Å². The van der Waals surface area contributed by atoms with Crippen LogP contribution >= 0.6 is 0 Å². The van der Waals surface area contributed by atoms with Crippen molar-refractivity contribution >= 4 is 5.97 Å². The van der Waals surface area contributed by atoms with Crippen LogP contribution in [0.25, 0.3) is 0 Å². The minimum Gasteiger partial charge on any atom is -0.481 e. The summed E-state index contributed by atoms with van der Waals surface area (Å²) in [7, 11) is 2.09. The van der Waals surface area contributed by atoms with Crippen molar-refractivity contribution in [2.24, 2.45) is 0 Å². The lowest BCUT2D eigenvalue weighted by molar-refractivity contribution is -0.137. The summed E-state index contributed by atoms with van der Waals surface area (Å²) < 4.78 is 0. The second-order valence-corrected chi connectivity index (χ2v) is 3.56. The molecule has 1 N–H and O–H groups in total. The van der Waals surface area contributed by atoms with Gasteiger partial charge in [-0.05, 0) is 32.9 Å². The van der Waals surface area contributed by atoms with Crippen LogP contribution in [0.3, 0.4) is 0 Å². The van der Waals surface area contributed by atoms with Gasteiger partial charge in [-0.2, -0.15) is 0 Å². The van der Waals surface area contributed by atoms with E-state index < -0.39 is 5.97 Å². The van der Waals surface area contributed by atoms with E-state index in [0.717, 1.165) is 19.0 Å². The zero-order valence-electron chi connectivity index (χ0n) is 7.62. The summed E-state index contributed by atoms with van der Waals surface area (Å²) in [5, 5.41) is 8.42. The molecule has 0 atom stereocenters. The number of aliphatic carboxylic acids is 1. The Morgan fingerprint density at radius 2 is 2.25 bits per heavy atom. The summed E-state index contributed by atoms with van der Waals surface area (Å²) in [5.41, 5.74) is 0. The molecule has 0 radical (unpaired) electrons. The van der Waals surface area contributed by atoms with Gasteiger partial charge in [0.15, 0.2) is 0 Å². The van der Waals surface area contributed by atoms with E-state index in [1.807, 2.05) is 0 Å². The second-order valence-electron chi connectivity index (χ2n) is 3.56. The lowest BCUT2D eigenvalue weighted by Crippen LogP contribution is -2.37. The molecule has 0 saturated heterocycles. The Hall–Kier alpha value is -0.570. The maximum absolute atomic E-state index is 10.2. The first kappa shape index (κ1) is 9.52. The lowest BCUT2D eigenvalue weighted by Gasteiger charge is -2.34. The number of carboxylic acid groups (broad SMARTS) is 1. The van der Waals surface area contributed by atoms with Crippen molar-refractivity contribution in [3.05, 3.63) is 0 Å². The first-order valence-corrected chi connectivity index (χ1v) is 4.62. The molecule has 0 heterocycles. The Bertz CT molecular complexity index is 155. The summed E-state index contributed by atoms with van der Waals surface area (Å²) in [6.45, 7) is 0.928. The third kappa shape index (κ3) is 2.81. The van der Waals surface area contributed by atoms with Crippen LogP contribution in [-0.2, 0) is 4.79 Å². The average molecular weight is 171 g/mol. The van der Waals surface area contributed by atoms with Gasteiger partial charge >= 0.3 is 5.97 Å². The van der Waals surface area contributed by atoms with E-state index in [9.17, 15) is 4.79 Å². The van der Waals surface area contributed by atoms with Gasteiger partial charge in [-0.25, -0.2) is 0 Å². The summed E-state index contributed by atoms with van der Waals surface area (Å²) in [4.78, 5) is 12.5. The van der Waals surface area contributed by atoms with Gasteiger partial charge in [0.05, 0.1) is 0 Å². The molecule has 1 aliphatic carbocycles. The fraction of sp³-hybridized carbons (Fsp3) is 0.889. The van der Waals surface area contributed by atoms with Crippen LogP contribution < -0.4 is 0 Å². The third-order valence-electron chi connectivity index (χ3n) is 2.60. The maximum Gasteiger partial charge on any atom is 0.303 e. The van der Waals surface area contributed by atoms with Crippen molar-refractivity contribution in [3.8, 4) is 0 Å². The first-order chi connectivity index (χ1) is 5.70. The molecule has 0 aromatic carbocycles. The van der Waals surface area contributed by atoms with Gasteiger partial charge < -0.3 is 10.0 Å². The minimum atomic E-state index is -0.683. The molecule has 1 fully saturated rings. The second kappa shape index (κ2) is 4.45. The summed E-state index contributed by atoms with van der Waals surface area (Å²) in [6, 6.07) is 0.735. The first-order valence-electron chi connectivity index (χ1n) is 4.62. The van der Waals surface area contributed by atoms with Gasteiger partial charge in [0.25, 0.3) is 0 Å². The highest BCUT2D eigenvalue weighted by atomic mass is 16.4. The molecule has 70 valence electrons. The summed E-state index contributed by atoms with van der Waals surface area (Å²) in [5.74, 6) is -0.683. The molecule has 1 aliphatic rings. The lowest BCUT2D eigenvalue weighted by atomic mass is 9.92. The van der Waals surface area contributed by atoms with Crippen LogP contribution in [0.4, 0.5) is 0 Å². The molecule has 0 spiro atoms. The van der Waals surface area contributed by atoms with Crippen molar-refractivity contribution in [3.63, 3.8) is 0 Å². The van der Waals surface area contributed by atoms with E-state index in [2.05, 4.69) is 11.9 Å². The number of nitrogens with zero attached hydrogens (tertiary/aromatic N) is 1. The Morgan fingerprint density at radius 1 is 1.58 bits per heavy atom. The van der Waals surface area contributed by atoms with Crippen molar-refractivity contribution in [1.29, 1.82) is 0 Å². The van der Waals surface area contributed by atoms with Gasteiger partial charge in [-0.3, -0.25) is 4.79 Å². The number of hydrogen-bond donors (Lipinski definition) is 1. The monoisotopic (exact) mass is 171 g/mol. The molecule has 12 heavy (non-hydrogen) atoms. The molecule has 0 unspecified atom stereocenters. The van der Waals surface area contributed by atoms with Gasteiger partial charge in [0.2, 0.25) is 0 Å². The van der Waals surface area contributed by atoms with Gasteiger partial charge in [0.1, 0.15) is 0 Å². The summed E-state index contributed by atoms with van der Waals surface area (Å²) in [6.07, 6.45) is 5.01. The zero-order valence-corrected chi connectivity index (χ0v) is 7.62. The predicted molar refractivity (Wildman–Crippen MR) is 47.1 cm³/mol. The van der Waals surface area contributed by atoms with E-state index >= 15 is 0 Å². The quantitative estimate of drug-likeness (QED) is 0.678. The molecule has 0 aromatic heterocycles. The third-order valence-corrected chi connectivity index (χ3v) is 2.60. The predicted octanol–water partition coefficient (Wildman–Crippen LogP) is 1.34. The average Bonchev–Trinajstić information content (AvgIpc) is 1.81. The van der Waals surface area contributed by atoms with Crippen LogP contribution in [0.15, 0.2) is 0 Å². The smallest absolute Gasteiger partial charge is 0.303 e. The fourth-order valence-electron chi connectivity index (χ4n) is 1.49.